The van der Waals surface area contributed by atoms with Gasteiger partial charge in [-0.05, 0) is 55.6 Å². The Labute approximate surface area is 167 Å². The van der Waals surface area contributed by atoms with Gasteiger partial charge in [-0.2, -0.15) is 0 Å². The van der Waals surface area contributed by atoms with Crippen molar-refractivity contribution in [1.29, 1.82) is 0 Å². The lowest BCUT2D eigenvalue weighted by Crippen LogP contribution is -2.25. The van der Waals surface area contributed by atoms with Gasteiger partial charge >= 0.3 is 0 Å². The maximum absolute atomic E-state index is 12.4. The van der Waals surface area contributed by atoms with Crippen LogP contribution in [0.2, 0.25) is 0 Å². The predicted molar refractivity (Wildman–Crippen MR) is 114 cm³/mol. The van der Waals surface area contributed by atoms with E-state index in [1.165, 1.54) is 0 Å². The fourth-order valence-corrected chi connectivity index (χ4v) is 3.43. The molecule has 0 aliphatic carbocycles. The standard InChI is InChI=1S/C22H30N2O2S/c1-4-24(5-2)15-8-16-26-19-13-11-18(12-14-19)17-23-22(25)20-9-6-7-10-21(20)27-3/h6-7,9-14H,4-5,8,15-17H2,1-3H3,(H,23,25). The van der Waals surface area contributed by atoms with Gasteiger partial charge in [-0.1, -0.05) is 38.1 Å². The Balaban J connectivity index is 1.77. The SMILES string of the molecule is CCN(CC)CCCOc1ccc(CNC(=O)c2ccccc2SC)cc1. The molecule has 0 bridgehead atoms. The lowest BCUT2D eigenvalue weighted by Gasteiger charge is -2.17. The molecule has 1 N–H and O–H groups in total. The molecule has 0 saturated carbocycles. The number of rotatable bonds is 11. The average Bonchev–Trinajstić information content (AvgIpc) is 2.73. The molecule has 0 aliphatic rings. The summed E-state index contributed by atoms with van der Waals surface area (Å²) in [6.45, 7) is 8.82. The Morgan fingerprint density at radius 2 is 1.78 bits per heavy atom. The maximum Gasteiger partial charge on any atom is 0.252 e. The van der Waals surface area contributed by atoms with Gasteiger partial charge < -0.3 is 15.0 Å². The highest BCUT2D eigenvalue weighted by Gasteiger charge is 2.09. The lowest BCUT2D eigenvalue weighted by atomic mass is 10.2. The molecule has 4 nitrogen and oxygen atoms in total. The zero-order chi connectivity index (χ0) is 19.5. The first-order valence-electron chi connectivity index (χ1n) is 9.53. The van der Waals surface area contributed by atoms with Gasteiger partial charge in [0.15, 0.2) is 0 Å². The first-order valence-corrected chi connectivity index (χ1v) is 10.8. The van der Waals surface area contributed by atoms with Crippen molar-refractivity contribution < 1.29 is 9.53 Å². The Hall–Kier alpha value is -1.98. The summed E-state index contributed by atoms with van der Waals surface area (Å²) >= 11 is 1.58. The maximum atomic E-state index is 12.4. The van der Waals surface area contributed by atoms with Crippen LogP contribution < -0.4 is 10.1 Å². The molecule has 0 spiro atoms. The minimum atomic E-state index is -0.0447. The summed E-state index contributed by atoms with van der Waals surface area (Å²) in [5.41, 5.74) is 1.78. The molecule has 0 radical (unpaired) electrons. The summed E-state index contributed by atoms with van der Waals surface area (Å²) in [4.78, 5) is 15.8. The Bertz CT molecular complexity index is 700. The van der Waals surface area contributed by atoms with Crippen molar-refractivity contribution in [1.82, 2.24) is 10.2 Å². The molecule has 0 aliphatic heterocycles. The van der Waals surface area contributed by atoms with E-state index in [0.717, 1.165) is 54.4 Å². The van der Waals surface area contributed by atoms with Gasteiger partial charge in [-0.25, -0.2) is 0 Å². The molecular formula is C22H30N2O2S. The molecule has 146 valence electrons. The number of carbonyl (C=O) groups excluding carboxylic acids is 1. The zero-order valence-corrected chi connectivity index (χ0v) is 17.3. The second-order valence-corrected chi connectivity index (χ2v) is 7.10. The fourth-order valence-electron chi connectivity index (χ4n) is 2.83. The summed E-state index contributed by atoms with van der Waals surface area (Å²) in [5, 5.41) is 2.99. The van der Waals surface area contributed by atoms with Crippen molar-refractivity contribution in [3.63, 3.8) is 0 Å². The van der Waals surface area contributed by atoms with E-state index in [1.54, 1.807) is 11.8 Å². The molecule has 5 heteroatoms. The number of hydrogen-bond acceptors (Lipinski definition) is 4. The molecular weight excluding hydrogens is 356 g/mol. The zero-order valence-electron chi connectivity index (χ0n) is 16.5. The first-order chi connectivity index (χ1) is 13.2. The monoisotopic (exact) mass is 386 g/mol. The number of thioether (sulfide) groups is 1. The van der Waals surface area contributed by atoms with Crippen LogP contribution >= 0.6 is 11.8 Å². The molecule has 0 saturated heterocycles. The summed E-state index contributed by atoms with van der Waals surface area (Å²) in [6.07, 6.45) is 3.00. The van der Waals surface area contributed by atoms with Crippen LogP contribution in [0.1, 0.15) is 36.2 Å². The normalized spacial score (nSPS) is 10.8. The smallest absolute Gasteiger partial charge is 0.252 e. The van der Waals surface area contributed by atoms with Gasteiger partial charge in [-0.3, -0.25) is 4.79 Å². The minimum Gasteiger partial charge on any atom is -0.494 e. The van der Waals surface area contributed by atoms with Gasteiger partial charge in [0, 0.05) is 18.0 Å². The molecule has 0 aromatic heterocycles. The highest BCUT2D eigenvalue weighted by atomic mass is 32.2. The van der Waals surface area contributed by atoms with Crippen molar-refractivity contribution in [2.45, 2.75) is 31.7 Å². The number of amides is 1. The van der Waals surface area contributed by atoms with Crippen LogP contribution in [0.25, 0.3) is 0 Å². The first kappa shape index (κ1) is 21.3. The molecule has 0 fully saturated rings. The van der Waals surface area contributed by atoms with Crippen molar-refractivity contribution >= 4 is 17.7 Å². The topological polar surface area (TPSA) is 41.6 Å². The molecule has 0 heterocycles. The van der Waals surface area contributed by atoms with Crippen LogP contribution in [-0.4, -0.2) is 43.3 Å². The molecule has 0 unspecified atom stereocenters. The van der Waals surface area contributed by atoms with Gasteiger partial charge in [0.25, 0.3) is 5.91 Å². The minimum absolute atomic E-state index is 0.0447. The molecule has 2 aromatic carbocycles. The summed E-state index contributed by atoms with van der Waals surface area (Å²) < 4.78 is 5.81. The number of carbonyl (C=O) groups is 1. The summed E-state index contributed by atoms with van der Waals surface area (Å²) in [7, 11) is 0. The highest BCUT2D eigenvalue weighted by molar-refractivity contribution is 7.98. The number of hydrogen-bond donors (Lipinski definition) is 1. The Morgan fingerprint density at radius 3 is 2.44 bits per heavy atom. The largest absolute Gasteiger partial charge is 0.494 e. The second-order valence-electron chi connectivity index (χ2n) is 6.26. The third kappa shape index (κ3) is 6.92. The molecule has 1 amide bonds. The van der Waals surface area contributed by atoms with Crippen LogP contribution in [0.15, 0.2) is 53.4 Å². The fraction of sp³-hybridized carbons (Fsp3) is 0.409. The van der Waals surface area contributed by atoms with E-state index >= 15 is 0 Å². The third-order valence-electron chi connectivity index (χ3n) is 4.51. The molecule has 2 rings (SSSR count). The van der Waals surface area contributed by atoms with Crippen molar-refractivity contribution in [2.24, 2.45) is 0 Å². The van der Waals surface area contributed by atoms with Crippen molar-refractivity contribution in [3.05, 3.63) is 59.7 Å². The van der Waals surface area contributed by atoms with Gasteiger partial charge in [-0.15, -0.1) is 11.8 Å². The van der Waals surface area contributed by atoms with Gasteiger partial charge in [0.05, 0.1) is 12.2 Å². The van der Waals surface area contributed by atoms with Crippen LogP contribution in [0.5, 0.6) is 5.75 Å². The number of nitrogens with one attached hydrogen (secondary N) is 1. The van der Waals surface area contributed by atoms with E-state index in [-0.39, 0.29) is 5.91 Å². The predicted octanol–water partition coefficient (Wildman–Crippen LogP) is 4.45. The quantitative estimate of drug-likeness (QED) is 0.458. The van der Waals surface area contributed by atoms with E-state index in [9.17, 15) is 4.79 Å². The number of benzene rings is 2. The van der Waals surface area contributed by atoms with Crippen molar-refractivity contribution in [2.75, 3.05) is 32.5 Å². The molecule has 0 atom stereocenters. The van der Waals surface area contributed by atoms with E-state index in [1.807, 2.05) is 54.8 Å². The molecule has 27 heavy (non-hydrogen) atoms. The Morgan fingerprint density at radius 1 is 1.07 bits per heavy atom. The Kier molecular flexibility index (Phi) is 9.22. The molecule has 2 aromatic rings. The van der Waals surface area contributed by atoms with Crippen molar-refractivity contribution in [3.8, 4) is 5.75 Å². The van der Waals surface area contributed by atoms with Crippen LogP contribution in [0.3, 0.4) is 0 Å². The van der Waals surface area contributed by atoms with E-state index in [0.29, 0.717) is 6.54 Å². The van der Waals surface area contributed by atoms with E-state index < -0.39 is 0 Å². The van der Waals surface area contributed by atoms with Crippen LogP contribution in [0.4, 0.5) is 0 Å². The van der Waals surface area contributed by atoms with E-state index in [4.69, 9.17) is 4.74 Å². The van der Waals surface area contributed by atoms with E-state index in [2.05, 4.69) is 24.1 Å². The number of ether oxygens (including phenoxy) is 1. The highest BCUT2D eigenvalue weighted by Crippen LogP contribution is 2.20. The summed E-state index contributed by atoms with van der Waals surface area (Å²) in [6, 6.07) is 15.6. The van der Waals surface area contributed by atoms with Gasteiger partial charge in [0.2, 0.25) is 0 Å². The summed E-state index contributed by atoms with van der Waals surface area (Å²) in [5.74, 6) is 0.828. The number of nitrogens with zero attached hydrogens (tertiary/aromatic N) is 1. The average molecular weight is 387 g/mol. The van der Waals surface area contributed by atoms with Gasteiger partial charge in [0.1, 0.15) is 5.75 Å². The van der Waals surface area contributed by atoms with Crippen LogP contribution in [0, 0.1) is 0 Å². The second kappa shape index (κ2) is 11.7. The third-order valence-corrected chi connectivity index (χ3v) is 5.31. The van der Waals surface area contributed by atoms with Crippen LogP contribution in [-0.2, 0) is 6.54 Å². The lowest BCUT2D eigenvalue weighted by molar-refractivity contribution is 0.0948.